The third-order valence-electron chi connectivity index (χ3n) is 6.63. The fourth-order valence-electron chi connectivity index (χ4n) is 4.97. The van der Waals surface area contributed by atoms with Gasteiger partial charge in [0.25, 0.3) is 0 Å². The van der Waals surface area contributed by atoms with Crippen LogP contribution in [0, 0.1) is 0 Å². The number of aryl methyl sites for hydroxylation is 1. The molecule has 0 aliphatic carbocycles. The number of anilines is 1. The van der Waals surface area contributed by atoms with Gasteiger partial charge in [-0.15, -0.1) is 0 Å². The monoisotopic (exact) mass is 473 g/mol. The number of aromatic nitrogens is 3. The van der Waals surface area contributed by atoms with E-state index in [9.17, 15) is 4.79 Å². The van der Waals surface area contributed by atoms with Gasteiger partial charge in [0, 0.05) is 59.2 Å². The van der Waals surface area contributed by atoms with Crippen LogP contribution in [0.2, 0.25) is 5.02 Å². The summed E-state index contributed by atoms with van der Waals surface area (Å²) < 4.78 is 7.84. The highest BCUT2D eigenvalue weighted by molar-refractivity contribution is 6.33. The molecule has 3 aromatic heterocycles. The SMILES string of the molecule is Cn1cc(CN2CCOC[C@H]2C(=O)Nc2cc(Cl)cc3c2[nH]c2cnccc23)c2ccccc21. The molecule has 172 valence electrons. The first-order valence-electron chi connectivity index (χ1n) is 11.3. The van der Waals surface area contributed by atoms with E-state index in [1.54, 1.807) is 18.5 Å². The number of pyridine rings is 1. The van der Waals surface area contributed by atoms with Crippen LogP contribution < -0.4 is 5.32 Å². The summed E-state index contributed by atoms with van der Waals surface area (Å²) in [6.45, 7) is 2.30. The molecule has 1 atom stereocenters. The van der Waals surface area contributed by atoms with Crippen molar-refractivity contribution >= 4 is 55.9 Å². The van der Waals surface area contributed by atoms with E-state index in [0.717, 1.165) is 21.8 Å². The molecule has 7 nitrogen and oxygen atoms in total. The average molecular weight is 474 g/mol. The van der Waals surface area contributed by atoms with Gasteiger partial charge in [-0.3, -0.25) is 14.7 Å². The number of hydrogen-bond donors (Lipinski definition) is 2. The number of carbonyl (C=O) groups is 1. The Labute approximate surface area is 201 Å². The minimum atomic E-state index is -0.409. The van der Waals surface area contributed by atoms with Crippen molar-refractivity contribution < 1.29 is 9.53 Å². The first kappa shape index (κ1) is 21.2. The zero-order valence-electron chi connectivity index (χ0n) is 18.7. The van der Waals surface area contributed by atoms with Gasteiger partial charge in [0.05, 0.1) is 36.1 Å². The summed E-state index contributed by atoms with van der Waals surface area (Å²) in [4.78, 5) is 23.3. The van der Waals surface area contributed by atoms with Crippen LogP contribution in [0.1, 0.15) is 5.56 Å². The number of nitrogens with zero attached hydrogens (tertiary/aromatic N) is 3. The lowest BCUT2D eigenvalue weighted by atomic mass is 10.1. The number of halogens is 1. The lowest BCUT2D eigenvalue weighted by Crippen LogP contribution is -2.51. The third kappa shape index (κ3) is 3.62. The average Bonchev–Trinajstić information content (AvgIpc) is 3.37. The summed E-state index contributed by atoms with van der Waals surface area (Å²) in [5.41, 5.74) is 4.76. The molecule has 5 aromatic rings. The van der Waals surface area contributed by atoms with Crippen molar-refractivity contribution in [1.29, 1.82) is 0 Å². The van der Waals surface area contributed by atoms with Crippen LogP contribution in [0.5, 0.6) is 0 Å². The number of ether oxygens (including phenoxy) is 1. The maximum atomic E-state index is 13.5. The van der Waals surface area contributed by atoms with Crippen molar-refractivity contribution in [2.75, 3.05) is 25.1 Å². The summed E-state index contributed by atoms with van der Waals surface area (Å²) in [7, 11) is 2.05. The summed E-state index contributed by atoms with van der Waals surface area (Å²) in [6.07, 6.45) is 5.67. The Kier molecular flexibility index (Phi) is 5.25. The fraction of sp³-hybridized carbons (Fsp3) is 0.231. The quantitative estimate of drug-likeness (QED) is 0.396. The van der Waals surface area contributed by atoms with Crippen molar-refractivity contribution in [2.45, 2.75) is 12.6 Å². The number of aromatic amines is 1. The molecule has 0 bridgehead atoms. The molecule has 0 unspecified atom stereocenters. The van der Waals surface area contributed by atoms with Gasteiger partial charge in [-0.25, -0.2) is 0 Å². The molecule has 2 aromatic carbocycles. The van der Waals surface area contributed by atoms with E-state index in [2.05, 4.69) is 56.2 Å². The lowest BCUT2D eigenvalue weighted by Gasteiger charge is -2.34. The minimum Gasteiger partial charge on any atom is -0.378 e. The molecule has 1 aliphatic heterocycles. The van der Waals surface area contributed by atoms with Crippen LogP contribution in [0.25, 0.3) is 32.7 Å². The number of para-hydroxylation sites is 1. The second-order valence-corrected chi connectivity index (χ2v) is 9.19. The number of carbonyl (C=O) groups excluding carboxylic acids is 1. The van der Waals surface area contributed by atoms with E-state index >= 15 is 0 Å². The van der Waals surface area contributed by atoms with Gasteiger partial charge in [0.1, 0.15) is 6.04 Å². The highest BCUT2D eigenvalue weighted by Crippen LogP contribution is 2.33. The van der Waals surface area contributed by atoms with Gasteiger partial charge in [0.15, 0.2) is 0 Å². The molecule has 1 amide bonds. The number of amides is 1. The van der Waals surface area contributed by atoms with Crippen LogP contribution >= 0.6 is 11.6 Å². The first-order valence-corrected chi connectivity index (χ1v) is 11.7. The number of benzene rings is 2. The first-order chi connectivity index (χ1) is 16.6. The minimum absolute atomic E-state index is 0.111. The molecule has 0 saturated carbocycles. The van der Waals surface area contributed by atoms with Crippen molar-refractivity contribution in [1.82, 2.24) is 19.4 Å². The molecule has 2 N–H and O–H groups in total. The Morgan fingerprint density at radius 1 is 1.24 bits per heavy atom. The normalized spacial score (nSPS) is 17.1. The Hall–Kier alpha value is -3.39. The van der Waals surface area contributed by atoms with Gasteiger partial charge in [-0.05, 0) is 29.8 Å². The molecule has 1 aliphatic rings. The second kappa shape index (κ2) is 8.43. The molecular formula is C26H24ClN5O2. The summed E-state index contributed by atoms with van der Waals surface area (Å²) >= 11 is 6.43. The van der Waals surface area contributed by atoms with E-state index in [-0.39, 0.29) is 5.91 Å². The standard InChI is InChI=1S/C26H24ClN5O2/c1-31-13-16(18-4-2-3-5-23(18)31)14-32-8-9-34-15-24(32)26(33)30-21-11-17(27)10-20-19-6-7-28-12-22(19)29-25(20)21/h2-7,10-13,24,29H,8-9,14-15H2,1H3,(H,30,33)/t24-/m0/s1. The van der Waals surface area contributed by atoms with E-state index in [0.29, 0.717) is 37.0 Å². The van der Waals surface area contributed by atoms with Crippen LogP contribution in [-0.4, -0.2) is 51.1 Å². The Balaban J connectivity index is 1.31. The van der Waals surface area contributed by atoms with Crippen LogP contribution in [0.15, 0.2) is 61.1 Å². The van der Waals surface area contributed by atoms with E-state index in [1.165, 1.54) is 16.5 Å². The van der Waals surface area contributed by atoms with Crippen LogP contribution in [0.3, 0.4) is 0 Å². The van der Waals surface area contributed by atoms with Gasteiger partial charge in [-0.1, -0.05) is 29.8 Å². The molecule has 0 radical (unpaired) electrons. The van der Waals surface area contributed by atoms with Crippen molar-refractivity contribution in [3.05, 3.63) is 71.6 Å². The topological polar surface area (TPSA) is 75.2 Å². The fourth-order valence-corrected chi connectivity index (χ4v) is 5.19. The number of morpholine rings is 1. The zero-order chi connectivity index (χ0) is 23.2. The van der Waals surface area contributed by atoms with E-state index in [4.69, 9.17) is 16.3 Å². The largest absolute Gasteiger partial charge is 0.378 e. The zero-order valence-corrected chi connectivity index (χ0v) is 19.5. The van der Waals surface area contributed by atoms with Crippen LogP contribution in [-0.2, 0) is 23.1 Å². The van der Waals surface area contributed by atoms with Gasteiger partial charge in [0.2, 0.25) is 5.91 Å². The Bertz CT molecular complexity index is 1540. The van der Waals surface area contributed by atoms with Gasteiger partial charge < -0.3 is 19.6 Å². The summed E-state index contributed by atoms with van der Waals surface area (Å²) in [5, 5.41) is 6.85. The van der Waals surface area contributed by atoms with E-state index in [1.807, 2.05) is 18.2 Å². The summed E-state index contributed by atoms with van der Waals surface area (Å²) in [6, 6.07) is 13.6. The predicted molar refractivity (Wildman–Crippen MR) is 135 cm³/mol. The molecule has 0 spiro atoms. The van der Waals surface area contributed by atoms with Crippen molar-refractivity contribution in [3.8, 4) is 0 Å². The number of hydrogen-bond acceptors (Lipinski definition) is 4. The van der Waals surface area contributed by atoms with Gasteiger partial charge >= 0.3 is 0 Å². The highest BCUT2D eigenvalue weighted by Gasteiger charge is 2.30. The number of rotatable bonds is 4. The molecular weight excluding hydrogens is 450 g/mol. The van der Waals surface area contributed by atoms with Crippen LogP contribution in [0.4, 0.5) is 5.69 Å². The Morgan fingerprint density at radius 3 is 3.03 bits per heavy atom. The molecule has 4 heterocycles. The molecule has 34 heavy (non-hydrogen) atoms. The maximum Gasteiger partial charge on any atom is 0.244 e. The number of H-pyrrole nitrogens is 1. The molecule has 1 saturated heterocycles. The number of nitrogens with one attached hydrogen (secondary N) is 2. The third-order valence-corrected chi connectivity index (χ3v) is 6.85. The summed E-state index contributed by atoms with van der Waals surface area (Å²) in [5.74, 6) is -0.111. The lowest BCUT2D eigenvalue weighted by molar-refractivity contribution is -0.127. The van der Waals surface area contributed by atoms with Crippen molar-refractivity contribution in [2.24, 2.45) is 7.05 Å². The van der Waals surface area contributed by atoms with E-state index < -0.39 is 6.04 Å². The molecule has 8 heteroatoms. The smallest absolute Gasteiger partial charge is 0.244 e. The number of fused-ring (bicyclic) bond motifs is 4. The van der Waals surface area contributed by atoms with Gasteiger partial charge in [-0.2, -0.15) is 0 Å². The Morgan fingerprint density at radius 2 is 2.12 bits per heavy atom. The highest BCUT2D eigenvalue weighted by atomic mass is 35.5. The second-order valence-electron chi connectivity index (χ2n) is 8.76. The van der Waals surface area contributed by atoms with Crippen molar-refractivity contribution in [3.63, 3.8) is 0 Å². The maximum absolute atomic E-state index is 13.5. The predicted octanol–water partition coefficient (Wildman–Crippen LogP) is 4.70. The molecule has 6 rings (SSSR count). The molecule has 1 fully saturated rings.